The molecule has 0 fully saturated rings. The van der Waals surface area contributed by atoms with Crippen molar-refractivity contribution in [3.05, 3.63) is 44.4 Å². The topological polar surface area (TPSA) is 13.1 Å². The Hall–Kier alpha value is -0.250. The lowest BCUT2D eigenvalue weighted by Gasteiger charge is -2.02. The first kappa shape index (κ1) is 10.3. The maximum atomic E-state index is 6.29. The molecule has 14 heavy (non-hydrogen) atoms. The number of halogens is 2. The van der Waals surface area contributed by atoms with E-state index in [-0.39, 0.29) is 5.38 Å². The van der Waals surface area contributed by atoms with E-state index < -0.39 is 0 Å². The molecule has 74 valence electrons. The largest absolute Gasteiger partial charge is 0.472 e. The Bertz CT molecular complexity index is 402. The number of hydrogen-bond acceptors (Lipinski definition) is 2. The molecule has 2 aromatic rings. The second kappa shape index (κ2) is 4.09. The Kier molecular flexibility index (Phi) is 3.00. The minimum absolute atomic E-state index is 0.108. The number of rotatable bonds is 2. The van der Waals surface area contributed by atoms with Crippen molar-refractivity contribution in [2.45, 2.75) is 12.3 Å². The summed E-state index contributed by atoms with van der Waals surface area (Å²) in [7, 11) is 0. The van der Waals surface area contributed by atoms with Gasteiger partial charge in [-0.25, -0.2) is 0 Å². The Labute approximate surface area is 99.8 Å². The molecule has 0 bridgehead atoms. The molecule has 0 radical (unpaired) electrons. The van der Waals surface area contributed by atoms with Crippen molar-refractivity contribution in [1.29, 1.82) is 0 Å². The predicted molar refractivity (Wildman–Crippen MR) is 63.2 cm³/mol. The highest BCUT2D eigenvalue weighted by atomic mass is 79.9. The van der Waals surface area contributed by atoms with Gasteiger partial charge in [-0.3, -0.25) is 0 Å². The van der Waals surface area contributed by atoms with E-state index in [0.717, 1.165) is 14.2 Å². The van der Waals surface area contributed by atoms with E-state index >= 15 is 0 Å². The fourth-order valence-electron chi connectivity index (χ4n) is 1.19. The SMILES string of the molecule is Cc1cc(C(Cl)c2ccoc2)sc1Br. The highest BCUT2D eigenvalue weighted by molar-refractivity contribution is 9.11. The molecule has 0 spiro atoms. The summed E-state index contributed by atoms with van der Waals surface area (Å²) in [4.78, 5) is 1.14. The maximum Gasteiger partial charge on any atom is 0.0959 e. The second-order valence-electron chi connectivity index (χ2n) is 3.02. The zero-order valence-corrected chi connectivity index (χ0v) is 10.6. The van der Waals surface area contributed by atoms with Crippen LogP contribution in [0.4, 0.5) is 0 Å². The first-order valence-corrected chi connectivity index (χ1v) is 6.15. The Balaban J connectivity index is 2.32. The normalized spacial score (nSPS) is 13.1. The van der Waals surface area contributed by atoms with Gasteiger partial charge in [0, 0.05) is 10.4 Å². The van der Waals surface area contributed by atoms with Crippen molar-refractivity contribution in [1.82, 2.24) is 0 Å². The number of thiophene rings is 1. The van der Waals surface area contributed by atoms with Crippen molar-refractivity contribution in [2.24, 2.45) is 0 Å². The van der Waals surface area contributed by atoms with Gasteiger partial charge in [-0.1, -0.05) is 0 Å². The van der Waals surface area contributed by atoms with Crippen LogP contribution in [0.3, 0.4) is 0 Å². The molecule has 0 aliphatic heterocycles. The molecule has 2 rings (SSSR count). The van der Waals surface area contributed by atoms with Gasteiger partial charge >= 0.3 is 0 Å². The maximum absolute atomic E-state index is 6.29. The minimum Gasteiger partial charge on any atom is -0.472 e. The molecule has 2 aromatic heterocycles. The zero-order chi connectivity index (χ0) is 10.1. The van der Waals surface area contributed by atoms with Crippen LogP contribution in [-0.4, -0.2) is 0 Å². The van der Waals surface area contributed by atoms with Crippen LogP contribution in [0.25, 0.3) is 0 Å². The second-order valence-corrected chi connectivity index (χ2v) is 5.86. The lowest BCUT2D eigenvalue weighted by molar-refractivity contribution is 0.564. The Morgan fingerprint density at radius 2 is 2.36 bits per heavy atom. The van der Waals surface area contributed by atoms with Gasteiger partial charge in [-0.2, -0.15) is 0 Å². The lowest BCUT2D eigenvalue weighted by Crippen LogP contribution is -1.85. The van der Waals surface area contributed by atoms with Crippen LogP contribution in [0.1, 0.15) is 21.4 Å². The van der Waals surface area contributed by atoms with Gasteiger partial charge in [-0.15, -0.1) is 22.9 Å². The summed E-state index contributed by atoms with van der Waals surface area (Å²) in [5.74, 6) is 0. The van der Waals surface area contributed by atoms with Gasteiger partial charge in [-0.05, 0) is 40.5 Å². The number of alkyl halides is 1. The van der Waals surface area contributed by atoms with Crippen molar-refractivity contribution < 1.29 is 4.42 Å². The van der Waals surface area contributed by atoms with Crippen LogP contribution in [0.2, 0.25) is 0 Å². The quantitative estimate of drug-likeness (QED) is 0.728. The smallest absolute Gasteiger partial charge is 0.0959 e. The van der Waals surface area contributed by atoms with Gasteiger partial charge in [0.05, 0.1) is 21.7 Å². The first-order valence-electron chi connectivity index (χ1n) is 4.10. The fourth-order valence-corrected chi connectivity index (χ4v) is 3.09. The van der Waals surface area contributed by atoms with Gasteiger partial charge < -0.3 is 4.42 Å². The Morgan fingerprint density at radius 3 is 2.86 bits per heavy atom. The van der Waals surface area contributed by atoms with Crippen LogP contribution < -0.4 is 0 Å². The molecule has 1 unspecified atom stereocenters. The first-order chi connectivity index (χ1) is 6.68. The van der Waals surface area contributed by atoms with E-state index in [1.165, 1.54) is 5.56 Å². The highest BCUT2D eigenvalue weighted by Crippen LogP contribution is 2.37. The zero-order valence-electron chi connectivity index (χ0n) is 7.46. The van der Waals surface area contributed by atoms with E-state index in [2.05, 4.69) is 28.9 Å². The fraction of sp³-hybridized carbons (Fsp3) is 0.200. The molecule has 1 atom stereocenters. The highest BCUT2D eigenvalue weighted by Gasteiger charge is 2.15. The molecule has 0 aromatic carbocycles. The summed E-state index contributed by atoms with van der Waals surface area (Å²) in [6, 6.07) is 3.99. The molecule has 0 saturated heterocycles. The number of hydrogen-bond donors (Lipinski definition) is 0. The third-order valence-corrected chi connectivity index (χ3v) is 4.78. The molecule has 0 aliphatic rings. The molecule has 0 amide bonds. The molecule has 0 aliphatic carbocycles. The molecular weight excluding hydrogens is 284 g/mol. The minimum atomic E-state index is -0.108. The van der Waals surface area contributed by atoms with Crippen LogP contribution in [0.5, 0.6) is 0 Å². The Morgan fingerprint density at radius 1 is 1.57 bits per heavy atom. The molecular formula is C10H8BrClOS. The van der Waals surface area contributed by atoms with Crippen LogP contribution in [-0.2, 0) is 0 Å². The summed E-state index contributed by atoms with van der Waals surface area (Å²) in [6.07, 6.45) is 3.32. The van der Waals surface area contributed by atoms with E-state index in [0.29, 0.717) is 0 Å². The van der Waals surface area contributed by atoms with Gasteiger partial charge in [0.2, 0.25) is 0 Å². The van der Waals surface area contributed by atoms with E-state index in [9.17, 15) is 0 Å². The average Bonchev–Trinajstić information content (AvgIpc) is 2.76. The van der Waals surface area contributed by atoms with Crippen LogP contribution >= 0.6 is 38.9 Å². The van der Waals surface area contributed by atoms with Gasteiger partial charge in [0.1, 0.15) is 0 Å². The summed E-state index contributed by atoms with van der Waals surface area (Å²) in [5.41, 5.74) is 2.22. The van der Waals surface area contributed by atoms with Crippen molar-refractivity contribution in [3.63, 3.8) is 0 Å². The summed E-state index contributed by atoms with van der Waals surface area (Å²) in [6.45, 7) is 2.06. The van der Waals surface area contributed by atoms with E-state index in [1.54, 1.807) is 23.9 Å². The number of aryl methyl sites for hydroxylation is 1. The van der Waals surface area contributed by atoms with Crippen molar-refractivity contribution in [3.8, 4) is 0 Å². The third-order valence-electron chi connectivity index (χ3n) is 1.96. The molecule has 0 saturated carbocycles. The van der Waals surface area contributed by atoms with E-state index in [1.807, 2.05) is 6.07 Å². The summed E-state index contributed by atoms with van der Waals surface area (Å²) in [5, 5.41) is -0.108. The molecule has 1 nitrogen and oxygen atoms in total. The third kappa shape index (κ3) is 1.90. The summed E-state index contributed by atoms with van der Waals surface area (Å²) < 4.78 is 6.14. The predicted octanol–water partition coefficient (Wildman–Crippen LogP) is 4.74. The van der Waals surface area contributed by atoms with Gasteiger partial charge in [0.15, 0.2) is 0 Å². The average molecular weight is 292 g/mol. The van der Waals surface area contributed by atoms with Crippen molar-refractivity contribution >= 4 is 38.9 Å². The monoisotopic (exact) mass is 290 g/mol. The molecule has 4 heteroatoms. The standard InChI is InChI=1S/C10H8BrClOS/c1-6-4-8(14-10(6)11)9(12)7-2-3-13-5-7/h2-5,9H,1H3. The van der Waals surface area contributed by atoms with Crippen molar-refractivity contribution in [2.75, 3.05) is 0 Å². The van der Waals surface area contributed by atoms with Gasteiger partial charge in [0.25, 0.3) is 0 Å². The lowest BCUT2D eigenvalue weighted by atomic mass is 10.2. The number of furan rings is 1. The van der Waals surface area contributed by atoms with E-state index in [4.69, 9.17) is 16.0 Å². The molecule has 2 heterocycles. The molecule has 0 N–H and O–H groups in total. The van der Waals surface area contributed by atoms with Crippen LogP contribution in [0, 0.1) is 6.92 Å². The summed E-state index contributed by atoms with van der Waals surface area (Å²) >= 11 is 11.4. The van der Waals surface area contributed by atoms with Crippen LogP contribution in [0.15, 0.2) is 32.9 Å².